The van der Waals surface area contributed by atoms with Crippen molar-refractivity contribution in [1.29, 1.82) is 0 Å². The van der Waals surface area contributed by atoms with Gasteiger partial charge in [-0.25, -0.2) is 0 Å². The average Bonchev–Trinajstić information content (AvgIpc) is 2.67. The minimum atomic E-state index is 0.298. The first kappa shape index (κ1) is 11.3. The fraction of sp³-hybridized carbons (Fsp3) is 0.900. The van der Waals surface area contributed by atoms with Crippen LogP contribution in [0.5, 0.6) is 0 Å². The molecule has 1 unspecified atom stereocenters. The molecule has 0 aromatic rings. The van der Waals surface area contributed by atoms with E-state index in [9.17, 15) is 0 Å². The van der Waals surface area contributed by atoms with Crippen molar-refractivity contribution in [1.82, 2.24) is 5.32 Å². The van der Waals surface area contributed by atoms with E-state index in [1.54, 1.807) is 0 Å². The van der Waals surface area contributed by atoms with Gasteiger partial charge >= 0.3 is 0 Å². The molecule has 0 aromatic heterocycles. The summed E-state index contributed by atoms with van der Waals surface area (Å²) < 4.78 is 0. The van der Waals surface area contributed by atoms with Gasteiger partial charge < -0.3 is 16.3 Å². The van der Waals surface area contributed by atoms with Crippen LogP contribution in [-0.2, 0) is 0 Å². The molecule has 0 bridgehead atoms. The number of nitrogens with zero attached hydrogens (tertiary/aromatic N) is 1. The van der Waals surface area contributed by atoms with Crippen LogP contribution in [0.2, 0.25) is 0 Å². The summed E-state index contributed by atoms with van der Waals surface area (Å²) in [5, 5.41) is 14.8. The van der Waals surface area contributed by atoms with Gasteiger partial charge in [-0.05, 0) is 32.2 Å². The molecule has 0 amide bonds. The van der Waals surface area contributed by atoms with Crippen LogP contribution >= 0.6 is 0 Å². The molecule has 0 saturated heterocycles. The Balaban J connectivity index is 2.10. The Morgan fingerprint density at radius 3 is 2.79 bits per heavy atom. The summed E-state index contributed by atoms with van der Waals surface area (Å²) in [7, 11) is 0. The number of amidine groups is 1. The van der Waals surface area contributed by atoms with Crippen LogP contribution in [0, 0.1) is 5.92 Å². The summed E-state index contributed by atoms with van der Waals surface area (Å²) in [6.07, 6.45) is 6.07. The SMILES string of the molecule is CC(CC(N)=NO)NCC1CCCC1. The largest absolute Gasteiger partial charge is 0.409 e. The van der Waals surface area contributed by atoms with Gasteiger partial charge in [0.25, 0.3) is 0 Å². The molecule has 1 saturated carbocycles. The zero-order chi connectivity index (χ0) is 10.4. The highest BCUT2D eigenvalue weighted by atomic mass is 16.4. The molecule has 4 nitrogen and oxygen atoms in total. The van der Waals surface area contributed by atoms with Crippen molar-refractivity contribution in [3.8, 4) is 0 Å². The maximum absolute atomic E-state index is 8.40. The molecule has 0 radical (unpaired) electrons. The summed E-state index contributed by atoms with van der Waals surface area (Å²) in [4.78, 5) is 0. The van der Waals surface area contributed by atoms with E-state index in [1.807, 2.05) is 0 Å². The van der Waals surface area contributed by atoms with E-state index in [0.717, 1.165) is 12.5 Å². The van der Waals surface area contributed by atoms with Gasteiger partial charge in [0.1, 0.15) is 5.84 Å². The van der Waals surface area contributed by atoms with E-state index in [1.165, 1.54) is 25.7 Å². The first-order valence-corrected chi connectivity index (χ1v) is 5.42. The molecule has 4 heteroatoms. The quantitative estimate of drug-likeness (QED) is 0.270. The molecular formula is C10H21N3O. The summed E-state index contributed by atoms with van der Waals surface area (Å²) in [6, 6.07) is 0.298. The molecule has 0 heterocycles. The monoisotopic (exact) mass is 199 g/mol. The van der Waals surface area contributed by atoms with E-state index in [4.69, 9.17) is 10.9 Å². The molecule has 1 aliphatic rings. The van der Waals surface area contributed by atoms with E-state index in [-0.39, 0.29) is 0 Å². The minimum Gasteiger partial charge on any atom is -0.409 e. The van der Waals surface area contributed by atoms with Crippen molar-refractivity contribution < 1.29 is 5.21 Å². The number of hydrogen-bond acceptors (Lipinski definition) is 3. The van der Waals surface area contributed by atoms with Crippen molar-refractivity contribution in [2.45, 2.75) is 45.1 Å². The zero-order valence-corrected chi connectivity index (χ0v) is 8.87. The minimum absolute atomic E-state index is 0.298. The molecule has 1 aliphatic carbocycles. The predicted molar refractivity (Wildman–Crippen MR) is 57.4 cm³/mol. The van der Waals surface area contributed by atoms with Crippen LogP contribution in [-0.4, -0.2) is 23.6 Å². The lowest BCUT2D eigenvalue weighted by molar-refractivity contribution is 0.315. The molecular weight excluding hydrogens is 178 g/mol. The molecule has 1 fully saturated rings. The standard InChI is InChI=1S/C10H21N3O/c1-8(6-10(11)13-14)12-7-9-4-2-3-5-9/h8-9,12,14H,2-7H2,1H3,(H2,11,13). The first-order chi connectivity index (χ1) is 6.72. The summed E-state index contributed by atoms with van der Waals surface area (Å²) >= 11 is 0. The summed E-state index contributed by atoms with van der Waals surface area (Å²) in [6.45, 7) is 3.13. The third-order valence-corrected chi connectivity index (χ3v) is 2.87. The van der Waals surface area contributed by atoms with Crippen molar-refractivity contribution in [2.24, 2.45) is 16.8 Å². The molecule has 0 aromatic carbocycles. The van der Waals surface area contributed by atoms with Gasteiger partial charge in [-0.2, -0.15) is 0 Å². The second-order valence-electron chi connectivity index (χ2n) is 4.26. The lowest BCUT2D eigenvalue weighted by Gasteiger charge is -2.16. The van der Waals surface area contributed by atoms with Gasteiger partial charge in [-0.15, -0.1) is 0 Å². The number of rotatable bonds is 5. The van der Waals surface area contributed by atoms with Crippen molar-refractivity contribution in [3.05, 3.63) is 0 Å². The third kappa shape index (κ3) is 3.96. The van der Waals surface area contributed by atoms with Crippen molar-refractivity contribution in [2.75, 3.05) is 6.54 Å². The molecule has 14 heavy (non-hydrogen) atoms. The Morgan fingerprint density at radius 2 is 2.21 bits per heavy atom. The number of nitrogens with one attached hydrogen (secondary N) is 1. The van der Waals surface area contributed by atoms with Crippen LogP contribution in [0.3, 0.4) is 0 Å². The number of oxime groups is 1. The normalized spacial score (nSPS) is 21.4. The van der Waals surface area contributed by atoms with Crippen LogP contribution in [0.1, 0.15) is 39.0 Å². The van der Waals surface area contributed by atoms with Crippen LogP contribution in [0.25, 0.3) is 0 Å². The van der Waals surface area contributed by atoms with Gasteiger partial charge in [0.2, 0.25) is 0 Å². The Labute approximate surface area is 85.6 Å². The van der Waals surface area contributed by atoms with Gasteiger partial charge in [-0.3, -0.25) is 0 Å². The maximum Gasteiger partial charge on any atom is 0.140 e. The second kappa shape index (κ2) is 5.86. The molecule has 4 N–H and O–H groups in total. The van der Waals surface area contributed by atoms with Gasteiger partial charge in [0.05, 0.1) is 0 Å². The van der Waals surface area contributed by atoms with Gasteiger partial charge in [0, 0.05) is 12.5 Å². The van der Waals surface area contributed by atoms with E-state index in [0.29, 0.717) is 18.3 Å². The lowest BCUT2D eigenvalue weighted by Crippen LogP contribution is -2.34. The summed E-state index contributed by atoms with van der Waals surface area (Å²) in [5.74, 6) is 1.14. The van der Waals surface area contributed by atoms with Crippen LogP contribution < -0.4 is 11.1 Å². The Kier molecular flexibility index (Phi) is 4.73. The molecule has 0 spiro atoms. The summed E-state index contributed by atoms with van der Waals surface area (Å²) in [5.41, 5.74) is 5.42. The Morgan fingerprint density at radius 1 is 1.57 bits per heavy atom. The highest BCUT2D eigenvalue weighted by Crippen LogP contribution is 2.23. The predicted octanol–water partition coefficient (Wildman–Crippen LogP) is 1.29. The highest BCUT2D eigenvalue weighted by molar-refractivity contribution is 5.80. The van der Waals surface area contributed by atoms with Crippen molar-refractivity contribution >= 4 is 5.84 Å². The zero-order valence-electron chi connectivity index (χ0n) is 8.87. The topological polar surface area (TPSA) is 70.6 Å². The van der Waals surface area contributed by atoms with E-state index < -0.39 is 0 Å². The number of hydrogen-bond donors (Lipinski definition) is 3. The number of nitrogens with two attached hydrogens (primary N) is 1. The first-order valence-electron chi connectivity index (χ1n) is 5.42. The third-order valence-electron chi connectivity index (χ3n) is 2.87. The van der Waals surface area contributed by atoms with Gasteiger partial charge in [0.15, 0.2) is 0 Å². The highest BCUT2D eigenvalue weighted by Gasteiger charge is 2.15. The van der Waals surface area contributed by atoms with Gasteiger partial charge in [-0.1, -0.05) is 18.0 Å². The maximum atomic E-state index is 8.40. The Bertz CT molecular complexity index is 188. The second-order valence-corrected chi connectivity index (χ2v) is 4.26. The fourth-order valence-corrected chi connectivity index (χ4v) is 2.01. The van der Waals surface area contributed by atoms with Crippen LogP contribution in [0.4, 0.5) is 0 Å². The fourth-order valence-electron chi connectivity index (χ4n) is 2.01. The van der Waals surface area contributed by atoms with Crippen LogP contribution in [0.15, 0.2) is 5.16 Å². The molecule has 1 rings (SSSR count). The molecule has 0 aliphatic heterocycles. The Hall–Kier alpha value is -0.770. The molecule has 1 atom stereocenters. The average molecular weight is 199 g/mol. The van der Waals surface area contributed by atoms with Crippen molar-refractivity contribution in [3.63, 3.8) is 0 Å². The van der Waals surface area contributed by atoms with E-state index >= 15 is 0 Å². The molecule has 82 valence electrons. The lowest BCUT2D eigenvalue weighted by atomic mass is 10.1. The van der Waals surface area contributed by atoms with E-state index in [2.05, 4.69) is 17.4 Å². The smallest absolute Gasteiger partial charge is 0.140 e.